The van der Waals surface area contributed by atoms with Gasteiger partial charge in [-0.2, -0.15) is 0 Å². The van der Waals surface area contributed by atoms with Gasteiger partial charge in [0, 0.05) is 12.1 Å². The molecule has 0 heterocycles. The van der Waals surface area contributed by atoms with Crippen LogP contribution in [0.2, 0.25) is 5.02 Å². The Bertz CT molecular complexity index is 453. The van der Waals surface area contributed by atoms with Crippen LogP contribution >= 0.6 is 11.6 Å². The van der Waals surface area contributed by atoms with E-state index >= 15 is 0 Å². The molecule has 98 valence electrons. The molecular formula is C13H16ClFN2O. The molecule has 1 aromatic carbocycles. The second kappa shape index (κ2) is 5.67. The summed E-state index contributed by atoms with van der Waals surface area (Å²) < 4.78 is 13.3. The van der Waals surface area contributed by atoms with Crippen LogP contribution in [0, 0.1) is 5.82 Å². The van der Waals surface area contributed by atoms with Crippen LogP contribution < -0.4 is 11.1 Å². The summed E-state index contributed by atoms with van der Waals surface area (Å²) in [4.78, 5) is 12.0. The van der Waals surface area contributed by atoms with Crippen LogP contribution in [-0.2, 0) is 0 Å². The molecule has 0 aliphatic heterocycles. The lowest BCUT2D eigenvalue weighted by Gasteiger charge is -2.29. The molecule has 0 spiro atoms. The number of carbonyl (C=O) groups excluding carboxylic acids is 1. The lowest BCUT2D eigenvalue weighted by Crippen LogP contribution is -2.49. The number of hydrogen-bond acceptors (Lipinski definition) is 2. The third kappa shape index (κ3) is 2.82. The average molecular weight is 271 g/mol. The minimum absolute atomic E-state index is 0.0324. The Kier molecular flexibility index (Phi) is 4.19. The van der Waals surface area contributed by atoms with Gasteiger partial charge in [0.25, 0.3) is 5.91 Å². The number of carbonyl (C=O) groups is 1. The van der Waals surface area contributed by atoms with E-state index in [4.69, 9.17) is 17.3 Å². The van der Waals surface area contributed by atoms with Gasteiger partial charge in [-0.3, -0.25) is 4.79 Å². The van der Waals surface area contributed by atoms with Crippen molar-refractivity contribution in [3.63, 3.8) is 0 Å². The van der Waals surface area contributed by atoms with Crippen molar-refractivity contribution in [2.75, 3.05) is 0 Å². The number of nitrogens with two attached hydrogens (primary N) is 1. The van der Waals surface area contributed by atoms with Crippen molar-refractivity contribution in [1.82, 2.24) is 5.32 Å². The number of hydrogen-bond donors (Lipinski definition) is 2. The molecular weight excluding hydrogens is 255 g/mol. The smallest absolute Gasteiger partial charge is 0.253 e. The van der Waals surface area contributed by atoms with Crippen LogP contribution in [0.5, 0.6) is 0 Å². The molecule has 3 nitrogen and oxygen atoms in total. The van der Waals surface area contributed by atoms with E-state index in [1.807, 2.05) is 0 Å². The summed E-state index contributed by atoms with van der Waals surface area (Å²) in [5.41, 5.74) is 6.11. The highest BCUT2D eigenvalue weighted by Gasteiger charge is 2.24. The Morgan fingerprint density at radius 3 is 2.83 bits per heavy atom. The van der Waals surface area contributed by atoms with Crippen LogP contribution in [0.25, 0.3) is 0 Å². The molecule has 18 heavy (non-hydrogen) atoms. The van der Waals surface area contributed by atoms with Gasteiger partial charge in [-0.15, -0.1) is 0 Å². The Morgan fingerprint density at radius 2 is 2.11 bits per heavy atom. The number of halogens is 2. The molecule has 1 aliphatic carbocycles. The van der Waals surface area contributed by atoms with E-state index in [9.17, 15) is 9.18 Å². The van der Waals surface area contributed by atoms with Gasteiger partial charge in [-0.25, -0.2) is 4.39 Å². The predicted molar refractivity (Wildman–Crippen MR) is 69.1 cm³/mol. The molecule has 1 fully saturated rings. The maximum absolute atomic E-state index is 13.3. The molecule has 1 aromatic rings. The van der Waals surface area contributed by atoms with E-state index in [1.165, 1.54) is 18.2 Å². The minimum Gasteiger partial charge on any atom is -0.348 e. The lowest BCUT2D eigenvalue weighted by molar-refractivity contribution is 0.0921. The van der Waals surface area contributed by atoms with E-state index in [1.54, 1.807) is 0 Å². The van der Waals surface area contributed by atoms with Crippen molar-refractivity contribution in [2.24, 2.45) is 5.73 Å². The maximum Gasteiger partial charge on any atom is 0.253 e. The maximum atomic E-state index is 13.3. The SMILES string of the molecule is NC1CCCCC1NC(=O)c1cccc(F)c1Cl. The molecule has 3 N–H and O–H groups in total. The molecule has 5 heteroatoms. The van der Waals surface area contributed by atoms with Gasteiger partial charge in [0.15, 0.2) is 0 Å². The first-order valence-corrected chi connectivity index (χ1v) is 6.48. The van der Waals surface area contributed by atoms with Gasteiger partial charge in [0.2, 0.25) is 0 Å². The normalized spacial score (nSPS) is 23.7. The summed E-state index contributed by atoms with van der Waals surface area (Å²) in [6.07, 6.45) is 3.91. The Hall–Kier alpha value is -1.13. The van der Waals surface area contributed by atoms with Crippen LogP contribution in [0.1, 0.15) is 36.0 Å². The zero-order chi connectivity index (χ0) is 13.1. The van der Waals surface area contributed by atoms with Crippen LogP contribution in [0.15, 0.2) is 18.2 Å². The summed E-state index contributed by atoms with van der Waals surface area (Å²) >= 11 is 5.78. The number of amides is 1. The van der Waals surface area contributed by atoms with Crippen molar-refractivity contribution in [2.45, 2.75) is 37.8 Å². The van der Waals surface area contributed by atoms with Gasteiger partial charge in [-0.1, -0.05) is 30.5 Å². The van der Waals surface area contributed by atoms with Crippen LogP contribution in [0.4, 0.5) is 4.39 Å². The molecule has 1 amide bonds. The van der Waals surface area contributed by atoms with Gasteiger partial charge < -0.3 is 11.1 Å². The first-order valence-electron chi connectivity index (χ1n) is 6.10. The summed E-state index contributed by atoms with van der Waals surface area (Å²) in [5.74, 6) is -0.945. The summed E-state index contributed by atoms with van der Waals surface area (Å²) in [7, 11) is 0. The molecule has 2 atom stereocenters. The predicted octanol–water partition coefficient (Wildman–Crippen LogP) is 2.48. The van der Waals surface area contributed by atoms with E-state index in [0.717, 1.165) is 25.7 Å². The zero-order valence-electron chi connectivity index (χ0n) is 9.96. The highest BCUT2D eigenvalue weighted by atomic mass is 35.5. The fourth-order valence-corrected chi connectivity index (χ4v) is 2.48. The van der Waals surface area contributed by atoms with E-state index in [0.29, 0.717) is 0 Å². The number of benzene rings is 1. The summed E-state index contributed by atoms with van der Waals surface area (Å²) in [6.45, 7) is 0. The average Bonchev–Trinajstić information content (AvgIpc) is 2.35. The topological polar surface area (TPSA) is 55.1 Å². The lowest BCUT2D eigenvalue weighted by atomic mass is 9.91. The van der Waals surface area contributed by atoms with Crippen molar-refractivity contribution < 1.29 is 9.18 Å². The van der Waals surface area contributed by atoms with E-state index in [2.05, 4.69) is 5.32 Å². The van der Waals surface area contributed by atoms with Crippen molar-refractivity contribution >= 4 is 17.5 Å². The second-order valence-electron chi connectivity index (χ2n) is 4.63. The number of nitrogens with one attached hydrogen (secondary N) is 1. The molecule has 1 aliphatic rings. The summed E-state index contributed by atoms with van der Waals surface area (Å²) in [5, 5.41) is 2.70. The minimum atomic E-state index is -0.586. The first-order chi connectivity index (χ1) is 8.59. The third-order valence-electron chi connectivity index (χ3n) is 3.33. The fourth-order valence-electron chi connectivity index (χ4n) is 2.26. The largest absolute Gasteiger partial charge is 0.348 e. The van der Waals surface area contributed by atoms with Gasteiger partial charge >= 0.3 is 0 Å². The fraction of sp³-hybridized carbons (Fsp3) is 0.462. The zero-order valence-corrected chi connectivity index (χ0v) is 10.7. The van der Waals surface area contributed by atoms with Gasteiger partial charge in [-0.05, 0) is 25.0 Å². The molecule has 2 unspecified atom stereocenters. The van der Waals surface area contributed by atoms with E-state index < -0.39 is 5.82 Å². The Labute approximate surface area is 111 Å². The van der Waals surface area contributed by atoms with Crippen molar-refractivity contribution in [1.29, 1.82) is 0 Å². The molecule has 0 bridgehead atoms. The standard InChI is InChI=1S/C13H16ClFN2O/c14-12-8(4-3-5-9(12)15)13(18)17-11-7-2-1-6-10(11)16/h3-5,10-11H,1-2,6-7,16H2,(H,17,18). The third-order valence-corrected chi connectivity index (χ3v) is 3.72. The first kappa shape index (κ1) is 13.3. The molecule has 2 rings (SSSR count). The molecule has 0 saturated heterocycles. The second-order valence-corrected chi connectivity index (χ2v) is 5.01. The monoisotopic (exact) mass is 270 g/mol. The molecule has 0 radical (unpaired) electrons. The van der Waals surface area contributed by atoms with E-state index in [-0.39, 0.29) is 28.6 Å². The quantitative estimate of drug-likeness (QED) is 0.867. The van der Waals surface area contributed by atoms with Crippen LogP contribution in [-0.4, -0.2) is 18.0 Å². The van der Waals surface area contributed by atoms with Gasteiger partial charge in [0.1, 0.15) is 5.82 Å². The number of rotatable bonds is 2. The van der Waals surface area contributed by atoms with Crippen molar-refractivity contribution in [3.05, 3.63) is 34.6 Å². The molecule has 1 saturated carbocycles. The van der Waals surface area contributed by atoms with Crippen LogP contribution in [0.3, 0.4) is 0 Å². The summed E-state index contributed by atoms with van der Waals surface area (Å²) in [6, 6.07) is 4.12. The Balaban J connectivity index is 2.09. The highest BCUT2D eigenvalue weighted by Crippen LogP contribution is 2.21. The van der Waals surface area contributed by atoms with Gasteiger partial charge in [0.05, 0.1) is 10.6 Å². The highest BCUT2D eigenvalue weighted by molar-refractivity contribution is 6.34. The van der Waals surface area contributed by atoms with Crippen molar-refractivity contribution in [3.8, 4) is 0 Å². The Morgan fingerprint density at radius 1 is 1.39 bits per heavy atom. The molecule has 0 aromatic heterocycles.